The van der Waals surface area contributed by atoms with Crippen LogP contribution in [0.25, 0.3) is 6.08 Å². The minimum Gasteiger partial charge on any atom is -0.490 e. The minimum atomic E-state index is -3.04. The van der Waals surface area contributed by atoms with E-state index in [1.165, 1.54) is 36.4 Å². The predicted octanol–water partition coefficient (Wildman–Crippen LogP) is 4.67. The summed E-state index contributed by atoms with van der Waals surface area (Å²) in [6, 6.07) is 10.9. The molecule has 0 fully saturated rings. The van der Waals surface area contributed by atoms with Gasteiger partial charge in [0, 0.05) is 6.08 Å². The number of nitrogens with one attached hydrogen (secondary N) is 1. The summed E-state index contributed by atoms with van der Waals surface area (Å²) in [5.74, 6) is -0.477. The lowest BCUT2D eigenvalue weighted by Gasteiger charge is -2.12. The lowest BCUT2D eigenvalue weighted by molar-refractivity contribution is -0.142. The molecular weight excluding hydrogens is 424 g/mol. The average molecular weight is 449 g/mol. The summed E-state index contributed by atoms with van der Waals surface area (Å²) < 4.78 is 45.3. The van der Waals surface area contributed by atoms with Gasteiger partial charge in [-0.25, -0.2) is 4.79 Å². The summed E-state index contributed by atoms with van der Waals surface area (Å²) in [4.78, 5) is 23.9. The highest BCUT2D eigenvalue weighted by molar-refractivity contribution is 5.95. The van der Waals surface area contributed by atoms with Crippen LogP contribution < -0.4 is 19.5 Å². The van der Waals surface area contributed by atoms with Gasteiger partial charge >= 0.3 is 12.6 Å². The summed E-state index contributed by atoms with van der Waals surface area (Å²) in [5.41, 5.74) is 0.718. The third kappa shape index (κ3) is 8.25. The molecule has 2 aromatic rings. The van der Waals surface area contributed by atoms with Crippen molar-refractivity contribution in [2.24, 2.45) is 0 Å². The Kier molecular flexibility index (Phi) is 9.96. The highest BCUT2D eigenvalue weighted by Crippen LogP contribution is 2.29. The molecule has 0 spiro atoms. The van der Waals surface area contributed by atoms with Gasteiger partial charge in [-0.05, 0) is 49.2 Å². The molecule has 0 radical (unpaired) electrons. The molecule has 0 aromatic heterocycles. The van der Waals surface area contributed by atoms with Crippen LogP contribution in [0.4, 0.5) is 14.5 Å². The molecule has 2 aromatic carbocycles. The number of carbonyl (C=O) groups is 2. The zero-order chi connectivity index (χ0) is 23.3. The molecule has 0 saturated carbocycles. The number of hydrogen-bond acceptors (Lipinski definition) is 6. The number of hydrogen-bond donors (Lipinski definition) is 1. The topological polar surface area (TPSA) is 83.1 Å². The molecule has 0 bridgehead atoms. The lowest BCUT2D eigenvalue weighted by Crippen LogP contribution is -2.20. The highest BCUT2D eigenvalue weighted by Gasteiger charge is 2.12. The maximum atomic E-state index is 12.4. The number of anilines is 1. The summed E-state index contributed by atoms with van der Waals surface area (Å²) in [6.45, 7) is 1.23. The number of alkyl halides is 2. The van der Waals surface area contributed by atoms with E-state index in [1.54, 1.807) is 18.2 Å². The van der Waals surface area contributed by atoms with Crippen molar-refractivity contribution in [1.82, 2.24) is 0 Å². The number of benzene rings is 2. The molecule has 32 heavy (non-hydrogen) atoms. The Labute approximate surface area is 184 Å². The molecule has 0 heterocycles. The Balaban J connectivity index is 1.91. The van der Waals surface area contributed by atoms with E-state index >= 15 is 0 Å². The van der Waals surface area contributed by atoms with E-state index in [4.69, 9.17) is 14.2 Å². The number of halogens is 2. The predicted molar refractivity (Wildman–Crippen MR) is 115 cm³/mol. The monoisotopic (exact) mass is 449 g/mol. The second-order valence-corrected chi connectivity index (χ2v) is 6.35. The van der Waals surface area contributed by atoms with Crippen molar-refractivity contribution in [1.29, 1.82) is 0 Å². The first-order valence-corrected chi connectivity index (χ1v) is 10.0. The smallest absolute Gasteiger partial charge is 0.387 e. The molecule has 1 N–H and O–H groups in total. The van der Waals surface area contributed by atoms with Crippen LogP contribution >= 0.6 is 0 Å². The van der Waals surface area contributed by atoms with E-state index < -0.39 is 25.1 Å². The number of ether oxygens (including phenoxy) is 4. The highest BCUT2D eigenvalue weighted by atomic mass is 19.3. The van der Waals surface area contributed by atoms with Crippen molar-refractivity contribution in [2.75, 3.05) is 25.1 Å². The van der Waals surface area contributed by atoms with E-state index in [2.05, 4.69) is 10.1 Å². The van der Waals surface area contributed by atoms with Gasteiger partial charge in [-0.3, -0.25) is 4.79 Å². The van der Waals surface area contributed by atoms with E-state index in [0.29, 0.717) is 30.3 Å². The van der Waals surface area contributed by atoms with E-state index in [0.717, 1.165) is 6.42 Å². The Morgan fingerprint density at radius 2 is 1.81 bits per heavy atom. The van der Waals surface area contributed by atoms with Gasteiger partial charge in [0.1, 0.15) is 5.75 Å². The third-order valence-corrected chi connectivity index (χ3v) is 3.86. The second kappa shape index (κ2) is 12.9. The van der Waals surface area contributed by atoms with Crippen LogP contribution in [0.2, 0.25) is 0 Å². The fourth-order valence-corrected chi connectivity index (χ4v) is 2.53. The molecule has 2 rings (SSSR count). The minimum absolute atomic E-state index is 0.0400. The first-order valence-electron chi connectivity index (χ1n) is 10.0. The van der Waals surface area contributed by atoms with Crippen LogP contribution in [-0.2, 0) is 14.3 Å². The summed E-state index contributed by atoms with van der Waals surface area (Å²) >= 11 is 0. The molecule has 0 aliphatic rings. The average Bonchev–Trinajstić information content (AvgIpc) is 2.77. The van der Waals surface area contributed by atoms with E-state index in [1.807, 2.05) is 13.8 Å². The van der Waals surface area contributed by atoms with Crippen molar-refractivity contribution in [3.63, 3.8) is 0 Å². The fourth-order valence-electron chi connectivity index (χ4n) is 2.53. The number of carbonyl (C=O) groups excluding carboxylic acids is 2. The molecule has 172 valence electrons. The quantitative estimate of drug-likeness (QED) is 0.375. The first kappa shape index (κ1) is 24.6. The van der Waals surface area contributed by atoms with Crippen LogP contribution in [0.5, 0.6) is 17.2 Å². The molecule has 0 atom stereocenters. The fraction of sp³-hybridized carbons (Fsp3) is 0.304. The number of amides is 1. The Hall–Kier alpha value is -3.62. The molecule has 1 amide bonds. The molecule has 9 heteroatoms. The van der Waals surface area contributed by atoms with Crippen molar-refractivity contribution >= 4 is 23.6 Å². The van der Waals surface area contributed by atoms with Crippen molar-refractivity contribution < 1.29 is 37.3 Å². The Morgan fingerprint density at radius 1 is 1.03 bits per heavy atom. The zero-order valence-corrected chi connectivity index (χ0v) is 17.8. The van der Waals surface area contributed by atoms with Crippen molar-refractivity contribution in [3.05, 3.63) is 54.1 Å². The standard InChI is InChI=1S/C23H25F2NO6/c1-3-13-30-19-11-9-16(14-20(19)29-4-2)10-12-22(28)31-15-21(27)26-17-7-5-6-8-18(17)32-23(24)25/h5-12,14,23H,3-4,13,15H2,1-2H3,(H,26,27)/b12-10+. The van der Waals surface area contributed by atoms with Crippen LogP contribution in [0.1, 0.15) is 25.8 Å². The lowest BCUT2D eigenvalue weighted by atomic mass is 10.2. The van der Waals surface area contributed by atoms with Gasteiger partial charge in [-0.2, -0.15) is 8.78 Å². The first-order chi connectivity index (χ1) is 15.4. The molecule has 0 unspecified atom stereocenters. The summed E-state index contributed by atoms with van der Waals surface area (Å²) in [6.07, 6.45) is 3.54. The second-order valence-electron chi connectivity index (χ2n) is 6.35. The third-order valence-electron chi connectivity index (χ3n) is 3.86. The maximum absolute atomic E-state index is 12.4. The van der Waals surface area contributed by atoms with Gasteiger partial charge < -0.3 is 24.3 Å². The normalized spacial score (nSPS) is 10.8. The van der Waals surface area contributed by atoms with E-state index in [9.17, 15) is 18.4 Å². The van der Waals surface area contributed by atoms with Crippen LogP contribution in [0.15, 0.2) is 48.5 Å². The SMILES string of the molecule is CCCOc1ccc(/C=C/C(=O)OCC(=O)Nc2ccccc2OC(F)F)cc1OCC. The van der Waals surface area contributed by atoms with Crippen LogP contribution in [0.3, 0.4) is 0 Å². The van der Waals surface area contributed by atoms with Crippen LogP contribution in [-0.4, -0.2) is 38.3 Å². The van der Waals surface area contributed by atoms with Crippen molar-refractivity contribution in [3.8, 4) is 17.2 Å². The largest absolute Gasteiger partial charge is 0.490 e. The van der Waals surface area contributed by atoms with Gasteiger partial charge in [0.15, 0.2) is 18.1 Å². The van der Waals surface area contributed by atoms with Gasteiger partial charge in [0.25, 0.3) is 5.91 Å². The van der Waals surface area contributed by atoms with Gasteiger partial charge in [-0.15, -0.1) is 0 Å². The van der Waals surface area contributed by atoms with E-state index in [-0.39, 0.29) is 11.4 Å². The van der Waals surface area contributed by atoms with Gasteiger partial charge in [0.05, 0.1) is 18.9 Å². The molecule has 7 nitrogen and oxygen atoms in total. The molecular formula is C23H25F2NO6. The maximum Gasteiger partial charge on any atom is 0.387 e. The Bertz CT molecular complexity index is 932. The van der Waals surface area contributed by atoms with Gasteiger partial charge in [0.2, 0.25) is 0 Å². The number of esters is 1. The number of para-hydroxylation sites is 2. The molecule has 0 saturated heterocycles. The molecule has 0 aliphatic heterocycles. The summed E-state index contributed by atoms with van der Waals surface area (Å²) in [7, 11) is 0. The zero-order valence-electron chi connectivity index (χ0n) is 17.8. The van der Waals surface area contributed by atoms with Crippen LogP contribution in [0, 0.1) is 0 Å². The Morgan fingerprint density at radius 3 is 2.53 bits per heavy atom. The van der Waals surface area contributed by atoms with Crippen molar-refractivity contribution in [2.45, 2.75) is 26.9 Å². The molecule has 0 aliphatic carbocycles. The summed E-state index contributed by atoms with van der Waals surface area (Å²) in [5, 5.41) is 2.36. The van der Waals surface area contributed by atoms with Gasteiger partial charge in [-0.1, -0.05) is 25.1 Å². The number of rotatable bonds is 12.